The molecule has 3 heterocycles. The molecule has 0 aliphatic carbocycles. The maximum absolute atomic E-state index is 13.0. The number of nitrogens with zero attached hydrogens (tertiary/aromatic N) is 2. The molecule has 1 aliphatic rings. The van der Waals surface area contributed by atoms with Crippen LogP contribution in [0.15, 0.2) is 41.8 Å². The second-order valence-electron chi connectivity index (χ2n) is 6.55. The van der Waals surface area contributed by atoms with Gasteiger partial charge in [0, 0.05) is 11.4 Å². The third kappa shape index (κ3) is 3.81. The number of primary amides is 1. The minimum Gasteiger partial charge on any atom is -0.352 e. The van der Waals surface area contributed by atoms with Gasteiger partial charge in [0.25, 0.3) is 0 Å². The number of thiazole rings is 1. The topological polar surface area (TPSA) is 88.3 Å². The Hall–Kier alpha value is -2.45. The molecule has 4 rings (SSSR count). The van der Waals surface area contributed by atoms with E-state index in [1.807, 2.05) is 40.6 Å². The van der Waals surface area contributed by atoms with E-state index >= 15 is 0 Å². The van der Waals surface area contributed by atoms with E-state index in [1.165, 1.54) is 11.3 Å². The Kier molecular flexibility index (Phi) is 5.09. The summed E-state index contributed by atoms with van der Waals surface area (Å²) in [6.07, 6.45) is 2.07. The average molecular weight is 401 g/mol. The molecule has 27 heavy (non-hydrogen) atoms. The van der Waals surface area contributed by atoms with Crippen LogP contribution in [0.4, 0.5) is 4.79 Å². The smallest absolute Gasteiger partial charge is 0.312 e. The SMILES string of the molecule is NC(=O)N[C@H](CC(=O)N1CCC[C@H]1c1nc2ccccc2s1)c1cccs1. The van der Waals surface area contributed by atoms with E-state index in [1.54, 1.807) is 11.3 Å². The van der Waals surface area contributed by atoms with Crippen LogP contribution in [-0.4, -0.2) is 28.4 Å². The van der Waals surface area contributed by atoms with Crippen LogP contribution in [0.1, 0.15) is 41.2 Å². The number of nitrogens with two attached hydrogens (primary N) is 1. The van der Waals surface area contributed by atoms with E-state index in [-0.39, 0.29) is 18.4 Å². The van der Waals surface area contributed by atoms with Crippen molar-refractivity contribution < 1.29 is 9.59 Å². The summed E-state index contributed by atoms with van der Waals surface area (Å²) in [5.41, 5.74) is 6.29. The van der Waals surface area contributed by atoms with Crippen molar-refractivity contribution in [3.63, 3.8) is 0 Å². The Morgan fingerprint density at radius 1 is 1.30 bits per heavy atom. The van der Waals surface area contributed by atoms with E-state index in [9.17, 15) is 9.59 Å². The van der Waals surface area contributed by atoms with Gasteiger partial charge in [0.05, 0.1) is 28.7 Å². The van der Waals surface area contributed by atoms with Gasteiger partial charge in [-0.3, -0.25) is 4.79 Å². The molecule has 140 valence electrons. The van der Waals surface area contributed by atoms with Gasteiger partial charge in [-0.05, 0) is 36.4 Å². The molecule has 3 aromatic rings. The van der Waals surface area contributed by atoms with Gasteiger partial charge < -0.3 is 16.0 Å². The number of likely N-dealkylation sites (tertiary alicyclic amines) is 1. The molecule has 0 spiro atoms. The van der Waals surface area contributed by atoms with Crippen LogP contribution in [0, 0.1) is 0 Å². The van der Waals surface area contributed by atoms with Crippen LogP contribution in [0.5, 0.6) is 0 Å². The van der Waals surface area contributed by atoms with E-state index in [0.29, 0.717) is 6.54 Å². The van der Waals surface area contributed by atoms with E-state index in [4.69, 9.17) is 10.7 Å². The summed E-state index contributed by atoms with van der Waals surface area (Å²) < 4.78 is 1.14. The van der Waals surface area contributed by atoms with Crippen LogP contribution < -0.4 is 11.1 Å². The quantitative estimate of drug-likeness (QED) is 0.682. The molecule has 2 atom stereocenters. The second-order valence-corrected chi connectivity index (χ2v) is 8.59. The fourth-order valence-electron chi connectivity index (χ4n) is 3.53. The Bertz CT molecular complexity index is 921. The number of nitrogens with one attached hydrogen (secondary N) is 1. The number of urea groups is 1. The third-order valence-corrected chi connectivity index (χ3v) is 6.87. The highest BCUT2D eigenvalue weighted by molar-refractivity contribution is 7.18. The Labute approximate surface area is 165 Å². The Balaban J connectivity index is 1.53. The van der Waals surface area contributed by atoms with Crippen LogP contribution in [0.25, 0.3) is 10.2 Å². The molecular weight excluding hydrogens is 380 g/mol. The van der Waals surface area contributed by atoms with E-state index < -0.39 is 12.1 Å². The summed E-state index contributed by atoms with van der Waals surface area (Å²) in [6.45, 7) is 0.715. The number of para-hydroxylation sites is 1. The first-order valence-corrected chi connectivity index (χ1v) is 10.6. The molecule has 0 saturated carbocycles. The number of fused-ring (bicyclic) bond motifs is 1. The van der Waals surface area contributed by atoms with Gasteiger partial charge in [-0.1, -0.05) is 18.2 Å². The van der Waals surface area contributed by atoms with Crippen molar-refractivity contribution in [1.29, 1.82) is 0 Å². The number of aromatic nitrogens is 1. The first kappa shape index (κ1) is 17.9. The summed E-state index contributed by atoms with van der Waals surface area (Å²) in [4.78, 5) is 32.0. The highest BCUT2D eigenvalue weighted by Crippen LogP contribution is 2.37. The molecule has 2 aromatic heterocycles. The summed E-state index contributed by atoms with van der Waals surface area (Å²) in [5, 5.41) is 5.61. The highest BCUT2D eigenvalue weighted by atomic mass is 32.1. The molecule has 8 heteroatoms. The maximum atomic E-state index is 13.0. The van der Waals surface area contributed by atoms with Crippen LogP contribution in [0.2, 0.25) is 0 Å². The molecule has 0 bridgehead atoms. The van der Waals surface area contributed by atoms with Gasteiger partial charge in [-0.25, -0.2) is 9.78 Å². The molecule has 1 aliphatic heterocycles. The van der Waals surface area contributed by atoms with Gasteiger partial charge in [0.15, 0.2) is 0 Å². The molecule has 3 amide bonds. The van der Waals surface area contributed by atoms with Crippen molar-refractivity contribution in [3.8, 4) is 0 Å². The normalized spacial score (nSPS) is 17.9. The van der Waals surface area contributed by atoms with Crippen molar-refractivity contribution >= 4 is 44.8 Å². The summed E-state index contributed by atoms with van der Waals surface area (Å²) in [5.74, 6) is 0.0175. The van der Waals surface area contributed by atoms with E-state index in [0.717, 1.165) is 32.9 Å². The van der Waals surface area contributed by atoms with Gasteiger partial charge in [0.1, 0.15) is 5.01 Å². The average Bonchev–Trinajstić information content (AvgIpc) is 3.39. The van der Waals surface area contributed by atoms with Crippen molar-refractivity contribution in [1.82, 2.24) is 15.2 Å². The number of hydrogen-bond acceptors (Lipinski definition) is 5. The van der Waals surface area contributed by atoms with Crippen LogP contribution in [0.3, 0.4) is 0 Å². The number of benzene rings is 1. The monoisotopic (exact) mass is 400 g/mol. The first-order valence-electron chi connectivity index (χ1n) is 8.86. The van der Waals surface area contributed by atoms with Gasteiger partial charge >= 0.3 is 6.03 Å². The molecular formula is C19H20N4O2S2. The van der Waals surface area contributed by atoms with Crippen molar-refractivity contribution in [2.45, 2.75) is 31.3 Å². The zero-order valence-electron chi connectivity index (χ0n) is 14.6. The number of rotatable bonds is 5. The summed E-state index contributed by atoms with van der Waals surface area (Å²) >= 11 is 3.16. The zero-order chi connectivity index (χ0) is 18.8. The molecule has 0 unspecified atom stereocenters. The third-order valence-electron chi connectivity index (χ3n) is 4.75. The lowest BCUT2D eigenvalue weighted by Gasteiger charge is -2.25. The Morgan fingerprint density at radius 2 is 2.15 bits per heavy atom. The lowest BCUT2D eigenvalue weighted by molar-refractivity contribution is -0.132. The molecule has 1 fully saturated rings. The van der Waals surface area contributed by atoms with Crippen LogP contribution >= 0.6 is 22.7 Å². The standard InChI is InChI=1S/C19H20N4O2S2/c20-19(25)22-13(15-8-4-10-26-15)11-17(24)23-9-3-6-14(23)18-21-12-5-1-2-7-16(12)27-18/h1-2,4-5,7-8,10,13-14H,3,6,9,11H2,(H3,20,22,25)/t13-,14+/m1/s1. The highest BCUT2D eigenvalue weighted by Gasteiger charge is 2.33. The number of carbonyl (C=O) groups is 2. The maximum Gasteiger partial charge on any atom is 0.312 e. The fraction of sp³-hybridized carbons (Fsp3) is 0.316. The Morgan fingerprint density at radius 3 is 2.89 bits per heavy atom. The minimum atomic E-state index is -0.620. The minimum absolute atomic E-state index is 0.00691. The molecule has 1 aromatic carbocycles. The lowest BCUT2D eigenvalue weighted by atomic mass is 10.1. The summed E-state index contributed by atoms with van der Waals surface area (Å²) in [7, 11) is 0. The predicted octanol–water partition coefficient (Wildman–Crippen LogP) is 3.82. The molecule has 6 nitrogen and oxygen atoms in total. The zero-order valence-corrected chi connectivity index (χ0v) is 16.3. The molecule has 0 radical (unpaired) electrons. The summed E-state index contributed by atoms with van der Waals surface area (Å²) in [6, 6.07) is 10.8. The van der Waals surface area contributed by atoms with Gasteiger partial charge in [-0.15, -0.1) is 22.7 Å². The number of amides is 3. The van der Waals surface area contributed by atoms with Crippen LogP contribution in [-0.2, 0) is 4.79 Å². The largest absolute Gasteiger partial charge is 0.352 e. The number of hydrogen-bond donors (Lipinski definition) is 2. The van der Waals surface area contributed by atoms with Gasteiger partial charge in [-0.2, -0.15) is 0 Å². The van der Waals surface area contributed by atoms with Gasteiger partial charge in [0.2, 0.25) is 5.91 Å². The first-order chi connectivity index (χ1) is 13.1. The predicted molar refractivity (Wildman–Crippen MR) is 108 cm³/mol. The fourth-order valence-corrected chi connectivity index (χ4v) is 5.42. The van der Waals surface area contributed by atoms with Crippen molar-refractivity contribution in [3.05, 3.63) is 51.7 Å². The lowest BCUT2D eigenvalue weighted by Crippen LogP contribution is -2.38. The van der Waals surface area contributed by atoms with E-state index in [2.05, 4.69) is 11.4 Å². The van der Waals surface area contributed by atoms with Crippen molar-refractivity contribution in [2.75, 3.05) is 6.54 Å². The van der Waals surface area contributed by atoms with Crippen molar-refractivity contribution in [2.24, 2.45) is 5.73 Å². The number of thiophene rings is 1. The second kappa shape index (κ2) is 7.66. The molecule has 3 N–H and O–H groups in total. The molecule has 1 saturated heterocycles. The number of carbonyl (C=O) groups excluding carboxylic acids is 2.